The number of fused-ring (bicyclic) bond motifs is 1. The molecule has 5 heteroatoms. The minimum atomic E-state index is -0.00157. The zero-order valence-corrected chi connectivity index (χ0v) is 12.5. The van der Waals surface area contributed by atoms with Crippen molar-refractivity contribution in [3.05, 3.63) is 41.4 Å². The average Bonchev–Trinajstić information content (AvgIpc) is 2.76. The molecule has 2 N–H and O–H groups in total. The summed E-state index contributed by atoms with van der Waals surface area (Å²) in [7, 11) is 0. The number of hydrogen-bond donors (Lipinski definition) is 2. The Balaban J connectivity index is 2.39. The molecule has 0 unspecified atom stereocenters. The van der Waals surface area contributed by atoms with Gasteiger partial charge < -0.3 is 14.8 Å². The SMILES string of the molecule is CC(C)n1c(-c2c(O)cccc2O)nc2cc(Cl)ccc21. The lowest BCUT2D eigenvalue weighted by Gasteiger charge is -2.14. The molecule has 0 radical (unpaired) electrons. The van der Waals surface area contributed by atoms with Crippen LogP contribution in [0.2, 0.25) is 5.02 Å². The number of halogens is 1. The first-order valence-corrected chi connectivity index (χ1v) is 7.05. The largest absolute Gasteiger partial charge is 0.507 e. The minimum absolute atomic E-state index is 0.00157. The van der Waals surface area contributed by atoms with Gasteiger partial charge in [0.05, 0.1) is 11.0 Å². The van der Waals surface area contributed by atoms with Crippen molar-refractivity contribution in [1.29, 1.82) is 0 Å². The van der Waals surface area contributed by atoms with Gasteiger partial charge in [0.15, 0.2) is 0 Å². The topological polar surface area (TPSA) is 58.3 Å². The smallest absolute Gasteiger partial charge is 0.148 e. The van der Waals surface area contributed by atoms with Gasteiger partial charge in [0.25, 0.3) is 0 Å². The van der Waals surface area contributed by atoms with Gasteiger partial charge in [-0.3, -0.25) is 0 Å². The molecule has 108 valence electrons. The molecule has 1 heterocycles. The molecule has 0 spiro atoms. The van der Waals surface area contributed by atoms with Gasteiger partial charge in [-0.05, 0) is 44.2 Å². The van der Waals surface area contributed by atoms with Gasteiger partial charge in [-0.2, -0.15) is 0 Å². The zero-order valence-electron chi connectivity index (χ0n) is 11.7. The van der Waals surface area contributed by atoms with Gasteiger partial charge >= 0.3 is 0 Å². The number of phenolic OH excluding ortho intramolecular Hbond substituents is 2. The Morgan fingerprint density at radius 2 is 1.76 bits per heavy atom. The van der Waals surface area contributed by atoms with Gasteiger partial charge in [0.2, 0.25) is 0 Å². The lowest BCUT2D eigenvalue weighted by Crippen LogP contribution is -2.03. The van der Waals surface area contributed by atoms with E-state index in [2.05, 4.69) is 4.98 Å². The van der Waals surface area contributed by atoms with Gasteiger partial charge in [-0.1, -0.05) is 17.7 Å². The summed E-state index contributed by atoms with van der Waals surface area (Å²) in [6, 6.07) is 10.2. The molecule has 0 amide bonds. The second-order valence-electron chi connectivity index (χ2n) is 5.20. The highest BCUT2D eigenvalue weighted by molar-refractivity contribution is 6.31. The third-order valence-electron chi connectivity index (χ3n) is 3.41. The molecular formula is C16H15ClN2O2. The third-order valence-corrected chi connectivity index (χ3v) is 3.65. The maximum atomic E-state index is 10.1. The van der Waals surface area contributed by atoms with E-state index in [1.165, 1.54) is 12.1 Å². The second kappa shape index (κ2) is 4.97. The van der Waals surface area contributed by atoms with Crippen molar-refractivity contribution < 1.29 is 10.2 Å². The third kappa shape index (κ3) is 2.21. The number of rotatable bonds is 2. The molecule has 0 saturated carbocycles. The summed E-state index contributed by atoms with van der Waals surface area (Å²) in [5.74, 6) is 0.523. The number of phenols is 2. The maximum absolute atomic E-state index is 10.1. The second-order valence-corrected chi connectivity index (χ2v) is 5.64. The summed E-state index contributed by atoms with van der Waals surface area (Å²) in [4.78, 5) is 4.55. The van der Waals surface area contributed by atoms with Crippen LogP contribution >= 0.6 is 11.6 Å². The standard InChI is InChI=1S/C16H15ClN2O2/c1-9(2)19-12-7-6-10(17)8-11(12)18-16(19)15-13(20)4-3-5-14(15)21/h3-9,20-21H,1-2H3. The molecular weight excluding hydrogens is 288 g/mol. The Morgan fingerprint density at radius 1 is 1.10 bits per heavy atom. The number of nitrogens with zero attached hydrogens (tertiary/aromatic N) is 2. The average molecular weight is 303 g/mol. The molecule has 2 aromatic carbocycles. The lowest BCUT2D eigenvalue weighted by molar-refractivity contribution is 0.452. The van der Waals surface area contributed by atoms with Crippen LogP contribution < -0.4 is 0 Å². The highest BCUT2D eigenvalue weighted by Crippen LogP contribution is 2.39. The molecule has 1 aromatic heterocycles. The highest BCUT2D eigenvalue weighted by Gasteiger charge is 2.20. The van der Waals surface area contributed by atoms with Crippen molar-refractivity contribution in [3.63, 3.8) is 0 Å². The van der Waals surface area contributed by atoms with Gasteiger partial charge in [0, 0.05) is 11.1 Å². The van der Waals surface area contributed by atoms with Crippen LogP contribution in [0.3, 0.4) is 0 Å². The summed E-state index contributed by atoms with van der Waals surface area (Å²) in [6.07, 6.45) is 0. The van der Waals surface area contributed by atoms with Crippen LogP contribution in [0.15, 0.2) is 36.4 Å². The zero-order chi connectivity index (χ0) is 15.1. The monoisotopic (exact) mass is 302 g/mol. The number of aromatic nitrogens is 2. The maximum Gasteiger partial charge on any atom is 0.148 e. The van der Waals surface area contributed by atoms with Crippen LogP contribution in [-0.4, -0.2) is 19.8 Å². The van der Waals surface area contributed by atoms with E-state index >= 15 is 0 Å². The molecule has 3 aromatic rings. The fraction of sp³-hybridized carbons (Fsp3) is 0.188. The lowest BCUT2D eigenvalue weighted by atomic mass is 10.1. The van der Waals surface area contributed by atoms with Crippen molar-refractivity contribution in [2.24, 2.45) is 0 Å². The molecule has 0 aliphatic heterocycles. The molecule has 21 heavy (non-hydrogen) atoms. The summed E-state index contributed by atoms with van der Waals surface area (Å²) in [5, 5.41) is 20.8. The highest BCUT2D eigenvalue weighted by atomic mass is 35.5. The first-order valence-electron chi connectivity index (χ1n) is 6.68. The molecule has 0 bridgehead atoms. The molecule has 3 rings (SSSR count). The Morgan fingerprint density at radius 3 is 2.38 bits per heavy atom. The molecule has 0 aliphatic rings. The van der Waals surface area contributed by atoms with E-state index in [0.717, 1.165) is 11.0 Å². The van der Waals surface area contributed by atoms with E-state index in [9.17, 15) is 10.2 Å². The number of benzene rings is 2. The predicted molar refractivity (Wildman–Crippen MR) is 83.9 cm³/mol. The molecule has 0 aliphatic carbocycles. The Bertz CT molecular complexity index is 804. The number of imidazole rings is 1. The van der Waals surface area contributed by atoms with Crippen LogP contribution in [0.5, 0.6) is 11.5 Å². The predicted octanol–water partition coefficient (Wildman–Crippen LogP) is 4.35. The van der Waals surface area contributed by atoms with E-state index < -0.39 is 0 Å². The van der Waals surface area contributed by atoms with Crippen molar-refractivity contribution in [3.8, 4) is 22.9 Å². The van der Waals surface area contributed by atoms with Crippen molar-refractivity contribution in [2.45, 2.75) is 19.9 Å². The van der Waals surface area contributed by atoms with Crippen LogP contribution in [0.1, 0.15) is 19.9 Å². The van der Waals surface area contributed by atoms with E-state index in [4.69, 9.17) is 11.6 Å². The summed E-state index contributed by atoms with van der Waals surface area (Å²) in [5.41, 5.74) is 1.97. The van der Waals surface area contributed by atoms with Crippen molar-refractivity contribution >= 4 is 22.6 Å². The Labute approximate surface area is 127 Å². The Hall–Kier alpha value is -2.20. The number of aromatic hydroxyl groups is 2. The van der Waals surface area contributed by atoms with Crippen LogP contribution in [0.4, 0.5) is 0 Å². The van der Waals surface area contributed by atoms with Crippen molar-refractivity contribution in [1.82, 2.24) is 9.55 Å². The summed E-state index contributed by atoms with van der Waals surface area (Å²) < 4.78 is 1.97. The molecule has 0 fully saturated rings. The minimum Gasteiger partial charge on any atom is -0.507 e. The summed E-state index contributed by atoms with van der Waals surface area (Å²) >= 11 is 6.02. The molecule has 0 saturated heterocycles. The first kappa shape index (κ1) is 13.8. The first-order chi connectivity index (χ1) is 9.99. The van der Waals surface area contributed by atoms with Crippen LogP contribution in [0.25, 0.3) is 22.4 Å². The van der Waals surface area contributed by atoms with E-state index in [-0.39, 0.29) is 17.5 Å². The summed E-state index contributed by atoms with van der Waals surface area (Å²) in [6.45, 7) is 4.05. The van der Waals surface area contributed by atoms with Crippen LogP contribution in [0, 0.1) is 0 Å². The quantitative estimate of drug-likeness (QED) is 0.740. The fourth-order valence-corrected chi connectivity index (χ4v) is 2.69. The van der Waals surface area contributed by atoms with Crippen LogP contribution in [-0.2, 0) is 0 Å². The molecule has 0 atom stereocenters. The van der Waals surface area contributed by atoms with Crippen molar-refractivity contribution in [2.75, 3.05) is 0 Å². The van der Waals surface area contributed by atoms with Gasteiger partial charge in [0.1, 0.15) is 22.9 Å². The number of hydrogen-bond acceptors (Lipinski definition) is 3. The fourth-order valence-electron chi connectivity index (χ4n) is 2.53. The molecule has 4 nitrogen and oxygen atoms in total. The Kier molecular flexibility index (Phi) is 3.26. The van der Waals surface area contributed by atoms with E-state index in [1.54, 1.807) is 18.2 Å². The van der Waals surface area contributed by atoms with E-state index in [0.29, 0.717) is 16.4 Å². The van der Waals surface area contributed by atoms with Gasteiger partial charge in [-0.15, -0.1) is 0 Å². The van der Waals surface area contributed by atoms with E-state index in [1.807, 2.05) is 24.5 Å². The normalized spacial score (nSPS) is 11.4. The van der Waals surface area contributed by atoms with Gasteiger partial charge in [-0.25, -0.2) is 4.98 Å².